The normalized spacial score (nSPS) is 10.8. The summed E-state index contributed by atoms with van der Waals surface area (Å²) in [5.41, 5.74) is 3.03. The van der Waals surface area contributed by atoms with Crippen molar-refractivity contribution >= 4 is 33.1 Å². The average Bonchev–Trinajstić information content (AvgIpc) is 3.34. The van der Waals surface area contributed by atoms with Crippen LogP contribution in [0, 0.1) is 5.82 Å². The number of ether oxygens (including phenoxy) is 3. The van der Waals surface area contributed by atoms with Gasteiger partial charge in [-0.15, -0.1) is 11.3 Å². The minimum atomic E-state index is -0.504. The summed E-state index contributed by atoms with van der Waals surface area (Å²) in [7, 11) is 3.10. The molecule has 0 radical (unpaired) electrons. The summed E-state index contributed by atoms with van der Waals surface area (Å²) in [6.07, 6.45) is 1.58. The van der Waals surface area contributed by atoms with E-state index in [0.717, 1.165) is 11.3 Å². The zero-order valence-corrected chi connectivity index (χ0v) is 19.2. The Balaban J connectivity index is 1.38. The zero-order chi connectivity index (χ0) is 23.5. The summed E-state index contributed by atoms with van der Waals surface area (Å²) in [6, 6.07) is 19.8. The molecule has 0 amide bonds. The van der Waals surface area contributed by atoms with E-state index in [-0.39, 0.29) is 5.75 Å². The summed E-state index contributed by atoms with van der Waals surface area (Å²) < 4.78 is 31.6. The van der Waals surface area contributed by atoms with Gasteiger partial charge in [-0.3, -0.25) is 4.98 Å². The van der Waals surface area contributed by atoms with E-state index < -0.39 is 5.82 Å². The van der Waals surface area contributed by atoms with Crippen molar-refractivity contribution in [3.63, 3.8) is 0 Å². The number of pyridine rings is 1. The summed E-state index contributed by atoms with van der Waals surface area (Å²) in [6.45, 7) is 0. The maximum atomic E-state index is 14.9. The molecule has 34 heavy (non-hydrogen) atoms. The van der Waals surface area contributed by atoms with E-state index in [1.54, 1.807) is 50.7 Å². The Labute approximate surface area is 199 Å². The number of thiazole rings is 1. The first-order chi connectivity index (χ1) is 16.7. The minimum absolute atomic E-state index is 0.0944. The van der Waals surface area contributed by atoms with Gasteiger partial charge in [0.1, 0.15) is 11.3 Å². The number of benzene rings is 3. The van der Waals surface area contributed by atoms with Gasteiger partial charge < -0.3 is 19.5 Å². The van der Waals surface area contributed by atoms with Crippen molar-refractivity contribution in [2.45, 2.75) is 0 Å². The molecule has 0 saturated carbocycles. The molecular weight excluding hydrogens is 453 g/mol. The van der Waals surface area contributed by atoms with E-state index in [2.05, 4.69) is 15.3 Å². The van der Waals surface area contributed by atoms with Crippen molar-refractivity contribution in [3.05, 3.63) is 84.1 Å². The fourth-order valence-electron chi connectivity index (χ4n) is 3.57. The second kappa shape index (κ2) is 9.36. The largest absolute Gasteiger partial charge is 0.493 e. The van der Waals surface area contributed by atoms with Crippen molar-refractivity contribution in [3.8, 4) is 34.3 Å². The highest BCUT2D eigenvalue weighted by atomic mass is 32.1. The lowest BCUT2D eigenvalue weighted by Gasteiger charge is -2.13. The zero-order valence-electron chi connectivity index (χ0n) is 18.4. The Morgan fingerprint density at radius 2 is 1.71 bits per heavy atom. The van der Waals surface area contributed by atoms with Crippen LogP contribution in [0.25, 0.3) is 22.2 Å². The molecule has 170 valence electrons. The number of fused-ring (bicyclic) bond motifs is 1. The van der Waals surface area contributed by atoms with Crippen LogP contribution in [0.1, 0.15) is 0 Å². The summed E-state index contributed by atoms with van der Waals surface area (Å²) >= 11 is 1.45. The molecule has 0 unspecified atom stereocenters. The smallest absolute Gasteiger partial charge is 0.187 e. The molecule has 0 aliphatic rings. The Kier molecular flexibility index (Phi) is 5.97. The topological polar surface area (TPSA) is 65.5 Å². The monoisotopic (exact) mass is 473 g/mol. The lowest BCUT2D eigenvalue weighted by Crippen LogP contribution is -1.96. The quantitative estimate of drug-likeness (QED) is 0.273. The molecule has 0 fully saturated rings. The van der Waals surface area contributed by atoms with Crippen LogP contribution in [0.2, 0.25) is 0 Å². The van der Waals surface area contributed by atoms with Gasteiger partial charge in [0.2, 0.25) is 0 Å². The number of nitrogens with one attached hydrogen (secondary N) is 1. The summed E-state index contributed by atoms with van der Waals surface area (Å²) in [5.74, 6) is 1.09. The molecule has 0 saturated heterocycles. The molecular formula is C26H20FN3O3S. The van der Waals surface area contributed by atoms with Gasteiger partial charge in [-0.05, 0) is 30.3 Å². The average molecular weight is 474 g/mol. The fraction of sp³-hybridized carbons (Fsp3) is 0.0769. The Bertz CT molecular complexity index is 1460. The number of aromatic nitrogens is 2. The van der Waals surface area contributed by atoms with E-state index in [0.29, 0.717) is 39.0 Å². The Morgan fingerprint density at radius 1 is 0.882 bits per heavy atom. The number of hydrogen-bond acceptors (Lipinski definition) is 7. The molecule has 6 nitrogen and oxygen atoms in total. The van der Waals surface area contributed by atoms with Crippen LogP contribution in [-0.4, -0.2) is 24.2 Å². The van der Waals surface area contributed by atoms with E-state index >= 15 is 0 Å². The number of methoxy groups -OCH3 is 2. The number of anilines is 2. The predicted molar refractivity (Wildman–Crippen MR) is 132 cm³/mol. The van der Waals surface area contributed by atoms with E-state index in [4.69, 9.17) is 14.2 Å². The third-order valence-corrected chi connectivity index (χ3v) is 5.95. The van der Waals surface area contributed by atoms with E-state index in [1.807, 2.05) is 35.7 Å². The van der Waals surface area contributed by atoms with Crippen LogP contribution in [-0.2, 0) is 0 Å². The molecule has 5 aromatic rings. The maximum absolute atomic E-state index is 14.9. The van der Waals surface area contributed by atoms with Crippen LogP contribution < -0.4 is 19.5 Å². The maximum Gasteiger partial charge on any atom is 0.187 e. The lowest BCUT2D eigenvalue weighted by molar-refractivity contribution is 0.358. The van der Waals surface area contributed by atoms with Crippen molar-refractivity contribution in [1.82, 2.24) is 9.97 Å². The predicted octanol–water partition coefficient (Wildman–Crippen LogP) is 7.05. The van der Waals surface area contributed by atoms with Gasteiger partial charge in [-0.1, -0.05) is 30.3 Å². The molecule has 1 N–H and O–H groups in total. The molecule has 0 aliphatic heterocycles. The van der Waals surface area contributed by atoms with Gasteiger partial charge in [0.15, 0.2) is 28.2 Å². The number of halogens is 1. The van der Waals surface area contributed by atoms with Crippen molar-refractivity contribution in [1.29, 1.82) is 0 Å². The molecule has 3 aromatic carbocycles. The van der Waals surface area contributed by atoms with Crippen LogP contribution >= 0.6 is 11.3 Å². The first-order valence-corrected chi connectivity index (χ1v) is 11.3. The molecule has 2 aromatic heterocycles. The van der Waals surface area contributed by atoms with Gasteiger partial charge >= 0.3 is 0 Å². The SMILES string of the molecule is COc1ccc2c(Oc3ccc(Nc4nc(-c5ccccc5)cs4)cc3F)ccnc2c1OC. The molecule has 0 atom stereocenters. The first-order valence-electron chi connectivity index (χ1n) is 10.4. The van der Waals surface area contributed by atoms with E-state index in [1.165, 1.54) is 17.4 Å². The number of nitrogens with zero attached hydrogens (tertiary/aromatic N) is 2. The van der Waals surface area contributed by atoms with Crippen LogP contribution in [0.3, 0.4) is 0 Å². The third-order valence-electron chi connectivity index (χ3n) is 5.19. The minimum Gasteiger partial charge on any atom is -0.493 e. The van der Waals surface area contributed by atoms with Gasteiger partial charge in [0.05, 0.1) is 19.9 Å². The van der Waals surface area contributed by atoms with Gasteiger partial charge in [0.25, 0.3) is 0 Å². The van der Waals surface area contributed by atoms with Crippen LogP contribution in [0.4, 0.5) is 15.2 Å². The van der Waals surface area contributed by atoms with Crippen LogP contribution in [0.5, 0.6) is 23.0 Å². The Morgan fingerprint density at radius 3 is 2.47 bits per heavy atom. The Hall–Kier alpha value is -4.17. The third kappa shape index (κ3) is 4.23. The highest BCUT2D eigenvalue weighted by Gasteiger charge is 2.15. The first kappa shape index (κ1) is 21.7. The molecule has 0 bridgehead atoms. The number of hydrogen-bond donors (Lipinski definition) is 1. The lowest BCUT2D eigenvalue weighted by atomic mass is 10.1. The fourth-order valence-corrected chi connectivity index (χ4v) is 4.31. The summed E-state index contributed by atoms with van der Waals surface area (Å²) in [4.78, 5) is 8.96. The second-order valence-corrected chi connectivity index (χ2v) is 8.14. The van der Waals surface area contributed by atoms with Crippen LogP contribution in [0.15, 0.2) is 78.3 Å². The summed E-state index contributed by atoms with van der Waals surface area (Å²) in [5, 5.41) is 6.47. The standard InChI is InChI=1S/C26H20FN3O3S/c1-31-23-11-9-18-21(12-13-28-24(18)25(23)32-2)33-22-10-8-17(14-19(22)27)29-26-30-20(15-34-26)16-6-4-3-5-7-16/h3-15H,1-2H3,(H,29,30). The molecule has 0 aliphatic carbocycles. The molecule has 2 heterocycles. The van der Waals surface area contributed by atoms with Crippen molar-refractivity contribution in [2.75, 3.05) is 19.5 Å². The van der Waals surface area contributed by atoms with Crippen molar-refractivity contribution < 1.29 is 18.6 Å². The second-order valence-electron chi connectivity index (χ2n) is 7.28. The van der Waals surface area contributed by atoms with Gasteiger partial charge in [-0.2, -0.15) is 0 Å². The van der Waals surface area contributed by atoms with E-state index in [9.17, 15) is 4.39 Å². The highest BCUT2D eigenvalue weighted by Crippen LogP contribution is 2.39. The molecule has 8 heteroatoms. The highest BCUT2D eigenvalue weighted by molar-refractivity contribution is 7.14. The van der Waals surface area contributed by atoms with Crippen molar-refractivity contribution in [2.24, 2.45) is 0 Å². The molecule has 0 spiro atoms. The number of rotatable bonds is 7. The van der Waals surface area contributed by atoms with Gasteiger partial charge in [-0.25, -0.2) is 9.37 Å². The van der Waals surface area contributed by atoms with Gasteiger partial charge in [0, 0.05) is 34.3 Å². The molecule has 5 rings (SSSR count).